The molecule has 1 aromatic heterocycles. The van der Waals surface area contributed by atoms with E-state index in [0.717, 1.165) is 23.5 Å². The van der Waals surface area contributed by atoms with Crippen LogP contribution in [0.15, 0.2) is 40.7 Å². The first kappa shape index (κ1) is 10.1. The highest BCUT2D eigenvalue weighted by molar-refractivity contribution is 5.75. The summed E-state index contributed by atoms with van der Waals surface area (Å²) >= 11 is 0. The van der Waals surface area contributed by atoms with Gasteiger partial charge in [-0.25, -0.2) is 0 Å². The molecular weight excluding hydrogens is 192 g/mol. The SMILES string of the molecule is COC1=CC(OC)CC=C1c1ccco1. The Bertz CT molecular complexity index is 374. The zero-order chi connectivity index (χ0) is 10.7. The first-order valence-corrected chi connectivity index (χ1v) is 4.88. The van der Waals surface area contributed by atoms with E-state index in [1.807, 2.05) is 18.2 Å². The fourth-order valence-corrected chi connectivity index (χ4v) is 1.66. The van der Waals surface area contributed by atoms with Crippen molar-refractivity contribution in [3.8, 4) is 0 Å². The Morgan fingerprint density at radius 2 is 2.27 bits per heavy atom. The molecule has 3 nitrogen and oxygen atoms in total. The van der Waals surface area contributed by atoms with Crippen molar-refractivity contribution in [2.75, 3.05) is 14.2 Å². The highest BCUT2D eigenvalue weighted by Gasteiger charge is 2.18. The molecule has 0 N–H and O–H groups in total. The summed E-state index contributed by atoms with van der Waals surface area (Å²) in [5.74, 6) is 1.64. The lowest BCUT2D eigenvalue weighted by Crippen LogP contribution is -2.12. The van der Waals surface area contributed by atoms with E-state index >= 15 is 0 Å². The van der Waals surface area contributed by atoms with E-state index in [1.54, 1.807) is 20.5 Å². The molecule has 80 valence electrons. The summed E-state index contributed by atoms with van der Waals surface area (Å²) in [6.45, 7) is 0. The monoisotopic (exact) mass is 206 g/mol. The fraction of sp³-hybridized carbons (Fsp3) is 0.333. The molecule has 0 saturated heterocycles. The zero-order valence-electron chi connectivity index (χ0n) is 8.90. The molecule has 0 radical (unpaired) electrons. The number of hydrogen-bond donors (Lipinski definition) is 0. The molecule has 0 amide bonds. The van der Waals surface area contributed by atoms with Gasteiger partial charge < -0.3 is 13.9 Å². The van der Waals surface area contributed by atoms with Gasteiger partial charge in [-0.2, -0.15) is 0 Å². The maximum Gasteiger partial charge on any atom is 0.137 e. The predicted molar refractivity (Wildman–Crippen MR) is 57.2 cm³/mol. The third-order valence-electron chi connectivity index (χ3n) is 2.47. The minimum Gasteiger partial charge on any atom is -0.496 e. The minimum absolute atomic E-state index is 0.0960. The summed E-state index contributed by atoms with van der Waals surface area (Å²) in [6, 6.07) is 3.79. The molecule has 1 aromatic rings. The van der Waals surface area contributed by atoms with Crippen LogP contribution in [0.4, 0.5) is 0 Å². The molecule has 0 fully saturated rings. The molecule has 1 unspecified atom stereocenters. The summed E-state index contributed by atoms with van der Waals surface area (Å²) in [4.78, 5) is 0. The van der Waals surface area contributed by atoms with Gasteiger partial charge in [0.2, 0.25) is 0 Å². The van der Waals surface area contributed by atoms with Gasteiger partial charge in [-0.1, -0.05) is 6.08 Å². The molecule has 1 atom stereocenters. The van der Waals surface area contributed by atoms with Gasteiger partial charge in [-0.3, -0.25) is 0 Å². The van der Waals surface area contributed by atoms with Crippen LogP contribution in [0, 0.1) is 0 Å². The predicted octanol–water partition coefficient (Wildman–Crippen LogP) is 2.61. The van der Waals surface area contributed by atoms with Gasteiger partial charge in [0.25, 0.3) is 0 Å². The van der Waals surface area contributed by atoms with Crippen molar-refractivity contribution in [1.82, 2.24) is 0 Å². The lowest BCUT2D eigenvalue weighted by atomic mass is 10.0. The number of rotatable bonds is 3. The number of ether oxygens (including phenoxy) is 2. The number of methoxy groups -OCH3 is 2. The van der Waals surface area contributed by atoms with Crippen LogP contribution < -0.4 is 0 Å². The van der Waals surface area contributed by atoms with Crippen LogP contribution in [0.25, 0.3) is 5.57 Å². The van der Waals surface area contributed by atoms with E-state index in [2.05, 4.69) is 6.08 Å². The third kappa shape index (κ3) is 1.97. The third-order valence-corrected chi connectivity index (χ3v) is 2.47. The second-order valence-electron chi connectivity index (χ2n) is 3.34. The molecule has 15 heavy (non-hydrogen) atoms. The van der Waals surface area contributed by atoms with Gasteiger partial charge in [-0.05, 0) is 24.6 Å². The Morgan fingerprint density at radius 1 is 1.40 bits per heavy atom. The summed E-state index contributed by atoms with van der Waals surface area (Å²) < 4.78 is 15.9. The van der Waals surface area contributed by atoms with Crippen molar-refractivity contribution in [3.05, 3.63) is 42.1 Å². The van der Waals surface area contributed by atoms with E-state index in [4.69, 9.17) is 13.9 Å². The molecule has 0 saturated carbocycles. The van der Waals surface area contributed by atoms with Crippen LogP contribution in [-0.4, -0.2) is 20.3 Å². The van der Waals surface area contributed by atoms with Crippen LogP contribution in [-0.2, 0) is 9.47 Å². The van der Waals surface area contributed by atoms with Crippen LogP contribution >= 0.6 is 0 Å². The molecule has 0 aliphatic heterocycles. The fourth-order valence-electron chi connectivity index (χ4n) is 1.66. The molecule has 1 aliphatic rings. The molecule has 0 aromatic carbocycles. The van der Waals surface area contributed by atoms with Crippen molar-refractivity contribution in [2.24, 2.45) is 0 Å². The summed E-state index contributed by atoms with van der Waals surface area (Å²) in [7, 11) is 3.35. The number of furan rings is 1. The van der Waals surface area contributed by atoms with E-state index in [9.17, 15) is 0 Å². The summed E-state index contributed by atoms with van der Waals surface area (Å²) in [5.41, 5.74) is 0.996. The second kappa shape index (κ2) is 4.36. The molecule has 1 aliphatic carbocycles. The van der Waals surface area contributed by atoms with Crippen molar-refractivity contribution in [3.63, 3.8) is 0 Å². The van der Waals surface area contributed by atoms with Gasteiger partial charge >= 0.3 is 0 Å². The van der Waals surface area contributed by atoms with Gasteiger partial charge in [0, 0.05) is 7.11 Å². The summed E-state index contributed by atoms with van der Waals surface area (Å²) in [5, 5.41) is 0. The molecule has 0 spiro atoms. The largest absolute Gasteiger partial charge is 0.496 e. The lowest BCUT2D eigenvalue weighted by Gasteiger charge is -2.18. The summed E-state index contributed by atoms with van der Waals surface area (Å²) in [6.07, 6.45) is 6.65. The van der Waals surface area contributed by atoms with E-state index in [1.165, 1.54) is 0 Å². The van der Waals surface area contributed by atoms with Gasteiger partial charge in [0.1, 0.15) is 11.5 Å². The highest BCUT2D eigenvalue weighted by atomic mass is 16.5. The van der Waals surface area contributed by atoms with Crippen molar-refractivity contribution in [1.29, 1.82) is 0 Å². The van der Waals surface area contributed by atoms with Gasteiger partial charge in [-0.15, -0.1) is 0 Å². The van der Waals surface area contributed by atoms with Crippen LogP contribution in [0.2, 0.25) is 0 Å². The number of hydrogen-bond acceptors (Lipinski definition) is 3. The van der Waals surface area contributed by atoms with E-state index in [-0.39, 0.29) is 6.10 Å². The standard InChI is InChI=1S/C12H14O3/c1-13-9-5-6-10(12(8-9)14-2)11-4-3-7-15-11/h3-4,6-9H,5H2,1-2H3. The molecule has 3 heteroatoms. The van der Waals surface area contributed by atoms with Crippen molar-refractivity contribution in [2.45, 2.75) is 12.5 Å². The van der Waals surface area contributed by atoms with Crippen LogP contribution in [0.1, 0.15) is 12.2 Å². The Morgan fingerprint density at radius 3 is 2.87 bits per heavy atom. The Labute approximate surface area is 89.0 Å². The smallest absolute Gasteiger partial charge is 0.137 e. The van der Waals surface area contributed by atoms with E-state index in [0.29, 0.717) is 0 Å². The first-order valence-electron chi connectivity index (χ1n) is 4.88. The highest BCUT2D eigenvalue weighted by Crippen LogP contribution is 2.29. The maximum atomic E-state index is 5.34. The van der Waals surface area contributed by atoms with Crippen molar-refractivity contribution >= 4 is 5.57 Å². The molecule has 2 rings (SSSR count). The Hall–Kier alpha value is -1.48. The zero-order valence-corrected chi connectivity index (χ0v) is 8.90. The normalized spacial score (nSPS) is 20.8. The van der Waals surface area contributed by atoms with E-state index < -0.39 is 0 Å². The Balaban J connectivity index is 2.27. The second-order valence-corrected chi connectivity index (χ2v) is 3.34. The molecule has 0 bridgehead atoms. The van der Waals surface area contributed by atoms with Crippen LogP contribution in [0.3, 0.4) is 0 Å². The van der Waals surface area contributed by atoms with Crippen LogP contribution in [0.5, 0.6) is 0 Å². The van der Waals surface area contributed by atoms with Gasteiger partial charge in [0.05, 0.1) is 25.1 Å². The van der Waals surface area contributed by atoms with Gasteiger partial charge in [0.15, 0.2) is 0 Å². The Kier molecular flexibility index (Phi) is 2.92. The maximum absolute atomic E-state index is 5.34. The lowest BCUT2D eigenvalue weighted by molar-refractivity contribution is 0.137. The quantitative estimate of drug-likeness (QED) is 0.761. The average molecular weight is 206 g/mol. The van der Waals surface area contributed by atoms with Crippen molar-refractivity contribution < 1.29 is 13.9 Å². The topological polar surface area (TPSA) is 31.6 Å². The average Bonchev–Trinajstić information content (AvgIpc) is 2.81. The first-order chi connectivity index (χ1) is 7.35. The molecule has 1 heterocycles. The molecular formula is C12H14O3. The number of allylic oxidation sites excluding steroid dienone is 1. The minimum atomic E-state index is 0.0960.